The van der Waals surface area contributed by atoms with Crippen molar-refractivity contribution < 1.29 is 28.6 Å². The van der Waals surface area contributed by atoms with Crippen LogP contribution in [0.4, 0.5) is 0 Å². The van der Waals surface area contributed by atoms with Crippen molar-refractivity contribution in [2.45, 2.75) is 258 Å². The molecule has 0 aliphatic heterocycles. The largest absolute Gasteiger partial charge is 0.462 e. The zero-order chi connectivity index (χ0) is 55.7. The number of carbonyl (C=O) groups excluding carboxylic acids is 3. The SMILES string of the molecule is CC/C=C\C/C=C\C/C=C\C/C=C\C/C=C\C/C=C\C/C=C\C/C=C\CCCCCCCCC(=O)OCC(COC(=O)CCCCCCC/C=C\C/C=C\CCC)OC(=O)CCCCCCC/C=C\C/C=C\C/C=C\CC. The van der Waals surface area contributed by atoms with Gasteiger partial charge < -0.3 is 14.2 Å². The maximum Gasteiger partial charge on any atom is 0.306 e. The first-order valence-electron chi connectivity index (χ1n) is 31.0. The molecule has 77 heavy (non-hydrogen) atoms. The summed E-state index contributed by atoms with van der Waals surface area (Å²) in [5, 5.41) is 0. The first kappa shape index (κ1) is 72.0. The Morgan fingerprint density at radius 3 is 0.792 bits per heavy atom. The molecule has 432 valence electrons. The van der Waals surface area contributed by atoms with E-state index in [1.54, 1.807) is 0 Å². The number of carbonyl (C=O) groups is 3. The van der Waals surface area contributed by atoms with Crippen LogP contribution >= 0.6 is 0 Å². The highest BCUT2D eigenvalue weighted by Crippen LogP contribution is 2.14. The molecule has 0 aliphatic carbocycles. The van der Waals surface area contributed by atoms with E-state index in [2.05, 4.69) is 179 Å². The van der Waals surface area contributed by atoms with Crippen molar-refractivity contribution in [3.8, 4) is 0 Å². The third-order valence-corrected chi connectivity index (χ3v) is 12.5. The fourth-order valence-electron chi connectivity index (χ4n) is 7.92. The molecule has 0 radical (unpaired) electrons. The third-order valence-electron chi connectivity index (χ3n) is 12.5. The van der Waals surface area contributed by atoms with Crippen molar-refractivity contribution in [1.82, 2.24) is 0 Å². The maximum atomic E-state index is 12.9. The smallest absolute Gasteiger partial charge is 0.306 e. The molecule has 0 saturated heterocycles. The minimum atomic E-state index is -0.807. The topological polar surface area (TPSA) is 78.9 Å². The van der Waals surface area contributed by atoms with Gasteiger partial charge in [-0.15, -0.1) is 0 Å². The van der Waals surface area contributed by atoms with Gasteiger partial charge >= 0.3 is 17.9 Å². The van der Waals surface area contributed by atoms with E-state index < -0.39 is 6.10 Å². The Kier molecular flexibility index (Phi) is 59.5. The summed E-state index contributed by atoms with van der Waals surface area (Å²) in [6, 6.07) is 0. The van der Waals surface area contributed by atoms with Crippen LogP contribution in [0.25, 0.3) is 0 Å². The van der Waals surface area contributed by atoms with Crippen LogP contribution in [-0.2, 0) is 28.6 Å². The Hall–Kier alpha value is -4.97. The van der Waals surface area contributed by atoms with Gasteiger partial charge in [-0.25, -0.2) is 0 Å². The standard InChI is InChI=1S/C71H112O6/c1-4-7-10-13-16-19-22-25-27-28-29-30-31-32-33-34-35-36-37-38-39-40-41-42-44-46-49-52-55-58-61-64-70(73)76-67-68(66-75-69(72)63-60-57-54-51-48-45-24-21-18-15-12-9-6-3)77-71(74)65-62-59-56-53-50-47-43-26-23-20-17-14-11-8-5-2/h7-8,10-12,15-17,19-21,24-27,29-30,32-33,35-36,38-39,41-43,68H,4-6,9,13-14,18,22-23,28,31,34,37,40,44-67H2,1-3H3/b10-7-,11-8-,15-12-,19-16-,20-17-,24-21-,27-25-,30-29-,33-32-,36-35-,39-38-,42-41-,43-26-. The van der Waals surface area contributed by atoms with E-state index in [4.69, 9.17) is 14.2 Å². The van der Waals surface area contributed by atoms with Gasteiger partial charge in [0.2, 0.25) is 0 Å². The highest BCUT2D eigenvalue weighted by atomic mass is 16.6. The van der Waals surface area contributed by atoms with E-state index in [1.807, 2.05) is 0 Å². The second-order valence-corrected chi connectivity index (χ2v) is 19.8. The van der Waals surface area contributed by atoms with Crippen molar-refractivity contribution in [3.05, 3.63) is 158 Å². The molecule has 1 unspecified atom stereocenters. The quantitative estimate of drug-likeness (QED) is 0.0261. The second-order valence-electron chi connectivity index (χ2n) is 19.8. The molecule has 0 N–H and O–H groups in total. The highest BCUT2D eigenvalue weighted by Gasteiger charge is 2.19. The first-order chi connectivity index (χ1) is 38.0. The molecule has 0 aromatic carbocycles. The Bertz CT molecular complexity index is 1740. The van der Waals surface area contributed by atoms with Gasteiger partial charge in [0.25, 0.3) is 0 Å². The Labute approximate surface area is 473 Å². The molecule has 0 spiro atoms. The van der Waals surface area contributed by atoms with Crippen LogP contribution < -0.4 is 0 Å². The molecule has 0 saturated carbocycles. The zero-order valence-electron chi connectivity index (χ0n) is 49.4. The monoisotopic (exact) mass is 1060 g/mol. The van der Waals surface area contributed by atoms with E-state index in [0.717, 1.165) is 193 Å². The summed E-state index contributed by atoms with van der Waals surface area (Å²) >= 11 is 0. The van der Waals surface area contributed by atoms with E-state index in [-0.39, 0.29) is 31.1 Å². The van der Waals surface area contributed by atoms with Gasteiger partial charge in [0.15, 0.2) is 6.10 Å². The molecular formula is C71H112O6. The van der Waals surface area contributed by atoms with Crippen molar-refractivity contribution in [2.75, 3.05) is 13.2 Å². The second kappa shape index (κ2) is 63.6. The predicted molar refractivity (Wildman–Crippen MR) is 334 cm³/mol. The molecule has 0 rings (SSSR count). The van der Waals surface area contributed by atoms with Crippen molar-refractivity contribution in [2.24, 2.45) is 0 Å². The Morgan fingerprint density at radius 2 is 0.506 bits per heavy atom. The van der Waals surface area contributed by atoms with Crippen molar-refractivity contribution in [1.29, 1.82) is 0 Å². The molecule has 0 aromatic heterocycles. The minimum Gasteiger partial charge on any atom is -0.462 e. The lowest BCUT2D eigenvalue weighted by molar-refractivity contribution is -0.167. The van der Waals surface area contributed by atoms with E-state index in [9.17, 15) is 14.4 Å². The summed E-state index contributed by atoms with van der Waals surface area (Å²) in [6.45, 7) is 6.30. The zero-order valence-corrected chi connectivity index (χ0v) is 49.4. The predicted octanol–water partition coefficient (Wildman–Crippen LogP) is 21.3. The summed E-state index contributed by atoms with van der Waals surface area (Å²) in [5.41, 5.74) is 0. The Morgan fingerprint density at radius 1 is 0.273 bits per heavy atom. The number of hydrogen-bond donors (Lipinski definition) is 0. The summed E-state index contributed by atoms with van der Waals surface area (Å²) in [7, 11) is 0. The number of unbranched alkanes of at least 4 members (excludes halogenated alkanes) is 17. The molecule has 6 nitrogen and oxygen atoms in total. The van der Waals surface area contributed by atoms with Crippen LogP contribution in [0.1, 0.15) is 252 Å². The van der Waals surface area contributed by atoms with Crippen LogP contribution in [0.3, 0.4) is 0 Å². The van der Waals surface area contributed by atoms with E-state index in [0.29, 0.717) is 19.3 Å². The van der Waals surface area contributed by atoms with Crippen LogP contribution in [0.5, 0.6) is 0 Å². The fraction of sp³-hybridized carbons (Fsp3) is 0.592. The lowest BCUT2D eigenvalue weighted by atomic mass is 10.1. The third kappa shape index (κ3) is 61.8. The van der Waals surface area contributed by atoms with Gasteiger partial charge in [0, 0.05) is 19.3 Å². The first-order valence-corrected chi connectivity index (χ1v) is 31.0. The number of hydrogen-bond acceptors (Lipinski definition) is 6. The summed E-state index contributed by atoms with van der Waals surface area (Å²) in [5.74, 6) is -0.954. The molecule has 0 fully saturated rings. The van der Waals surface area contributed by atoms with Gasteiger partial charge in [-0.1, -0.05) is 249 Å². The van der Waals surface area contributed by atoms with Gasteiger partial charge in [-0.05, 0) is 141 Å². The molecule has 0 amide bonds. The molecule has 1 atom stereocenters. The molecule has 0 aliphatic rings. The lowest BCUT2D eigenvalue weighted by Crippen LogP contribution is -2.30. The van der Waals surface area contributed by atoms with Crippen LogP contribution in [0, 0.1) is 0 Å². The maximum absolute atomic E-state index is 12.9. The average Bonchev–Trinajstić information content (AvgIpc) is 3.43. The van der Waals surface area contributed by atoms with Gasteiger partial charge in [-0.2, -0.15) is 0 Å². The molecule has 0 heterocycles. The van der Waals surface area contributed by atoms with E-state index >= 15 is 0 Å². The van der Waals surface area contributed by atoms with Crippen LogP contribution in [-0.4, -0.2) is 37.2 Å². The van der Waals surface area contributed by atoms with Crippen molar-refractivity contribution >= 4 is 17.9 Å². The molecule has 0 bridgehead atoms. The van der Waals surface area contributed by atoms with E-state index in [1.165, 1.54) is 19.3 Å². The molecule has 0 aromatic rings. The number of ether oxygens (including phenoxy) is 3. The van der Waals surface area contributed by atoms with Crippen LogP contribution in [0.15, 0.2) is 158 Å². The summed E-state index contributed by atoms with van der Waals surface area (Å²) < 4.78 is 16.8. The Balaban J connectivity index is 4.36. The van der Waals surface area contributed by atoms with Gasteiger partial charge in [0.05, 0.1) is 0 Å². The highest BCUT2D eigenvalue weighted by molar-refractivity contribution is 5.71. The molecular weight excluding hydrogens is 949 g/mol. The molecule has 6 heteroatoms. The summed E-state index contributed by atoms with van der Waals surface area (Å²) in [4.78, 5) is 38.2. The van der Waals surface area contributed by atoms with Gasteiger partial charge in [-0.3, -0.25) is 14.4 Å². The van der Waals surface area contributed by atoms with Crippen molar-refractivity contribution in [3.63, 3.8) is 0 Å². The lowest BCUT2D eigenvalue weighted by Gasteiger charge is -2.18. The summed E-state index contributed by atoms with van der Waals surface area (Å²) in [6.07, 6.45) is 92.4. The van der Waals surface area contributed by atoms with Crippen LogP contribution in [0.2, 0.25) is 0 Å². The van der Waals surface area contributed by atoms with Gasteiger partial charge in [0.1, 0.15) is 13.2 Å². The number of rotatable bonds is 54. The number of allylic oxidation sites excluding steroid dienone is 26. The average molecular weight is 1060 g/mol. The normalized spacial score (nSPS) is 13.2. The number of esters is 3. The fourth-order valence-corrected chi connectivity index (χ4v) is 7.92. The minimum absolute atomic E-state index is 0.103.